The van der Waals surface area contributed by atoms with Crippen LogP contribution in [0.1, 0.15) is 17.4 Å². The van der Waals surface area contributed by atoms with Crippen molar-refractivity contribution in [1.82, 2.24) is 0 Å². The van der Waals surface area contributed by atoms with Crippen LogP contribution in [0.5, 0.6) is 5.75 Å². The van der Waals surface area contributed by atoms with Crippen LogP contribution in [0.3, 0.4) is 0 Å². The second-order valence-electron chi connectivity index (χ2n) is 4.39. The van der Waals surface area contributed by atoms with Crippen LogP contribution in [0, 0.1) is 0 Å². The number of ether oxygens (including phenoxy) is 1. The van der Waals surface area contributed by atoms with Gasteiger partial charge in [-0.05, 0) is 37.6 Å². The van der Waals surface area contributed by atoms with E-state index in [2.05, 4.69) is 0 Å². The summed E-state index contributed by atoms with van der Waals surface area (Å²) in [6.07, 6.45) is 0.695. The van der Waals surface area contributed by atoms with Gasteiger partial charge in [-0.15, -0.1) is 11.3 Å². The first-order valence-electron chi connectivity index (χ1n) is 5.96. The van der Waals surface area contributed by atoms with Gasteiger partial charge in [0, 0.05) is 21.5 Å². The van der Waals surface area contributed by atoms with Crippen molar-refractivity contribution in [2.24, 2.45) is 5.73 Å². The van der Waals surface area contributed by atoms with Crippen molar-refractivity contribution in [1.29, 1.82) is 0 Å². The summed E-state index contributed by atoms with van der Waals surface area (Å²) >= 11 is 13.6. The van der Waals surface area contributed by atoms with Gasteiger partial charge in [-0.25, -0.2) is 0 Å². The lowest BCUT2D eigenvalue weighted by Crippen LogP contribution is -2.18. The summed E-state index contributed by atoms with van der Waals surface area (Å²) in [5, 5.41) is 0.694. The maximum absolute atomic E-state index is 6.21. The molecule has 2 nitrogen and oxygen atoms in total. The van der Waals surface area contributed by atoms with Gasteiger partial charge < -0.3 is 10.5 Å². The van der Waals surface area contributed by atoms with Gasteiger partial charge in [0.15, 0.2) is 0 Å². The Labute approximate surface area is 127 Å². The topological polar surface area (TPSA) is 35.2 Å². The van der Waals surface area contributed by atoms with Gasteiger partial charge >= 0.3 is 0 Å². The molecule has 1 unspecified atom stereocenters. The van der Waals surface area contributed by atoms with Gasteiger partial charge in [-0.1, -0.05) is 29.3 Å². The lowest BCUT2D eigenvalue weighted by atomic mass is 10.1. The summed E-state index contributed by atoms with van der Waals surface area (Å²) < 4.78 is 6.59. The van der Waals surface area contributed by atoms with Crippen molar-refractivity contribution in [3.05, 3.63) is 50.1 Å². The van der Waals surface area contributed by atoms with E-state index in [0.717, 1.165) is 20.5 Å². The minimum Gasteiger partial charge on any atom is -0.488 e. The van der Waals surface area contributed by atoms with Crippen LogP contribution < -0.4 is 10.5 Å². The van der Waals surface area contributed by atoms with Gasteiger partial charge in [0.05, 0.1) is 4.34 Å². The molecule has 0 aliphatic rings. The Kier molecular flexibility index (Phi) is 5.11. The van der Waals surface area contributed by atoms with Crippen molar-refractivity contribution < 1.29 is 4.74 Å². The van der Waals surface area contributed by atoms with Crippen molar-refractivity contribution in [3.8, 4) is 5.75 Å². The van der Waals surface area contributed by atoms with Gasteiger partial charge in [-0.2, -0.15) is 0 Å². The number of hydrogen-bond acceptors (Lipinski definition) is 3. The fourth-order valence-electron chi connectivity index (χ4n) is 1.77. The van der Waals surface area contributed by atoms with Gasteiger partial charge in [-0.3, -0.25) is 0 Å². The van der Waals surface area contributed by atoms with Gasteiger partial charge in [0.1, 0.15) is 12.4 Å². The highest BCUT2D eigenvalue weighted by molar-refractivity contribution is 7.16. The maximum Gasteiger partial charge on any atom is 0.124 e. The first-order valence-corrected chi connectivity index (χ1v) is 7.53. The molecule has 0 saturated carbocycles. The summed E-state index contributed by atoms with van der Waals surface area (Å²) in [7, 11) is 0. The molecule has 2 rings (SSSR count). The molecule has 0 aliphatic carbocycles. The number of benzene rings is 1. The Morgan fingerprint density at radius 3 is 2.68 bits per heavy atom. The molecule has 0 aliphatic heterocycles. The van der Waals surface area contributed by atoms with Crippen LogP contribution in [0.25, 0.3) is 0 Å². The van der Waals surface area contributed by atoms with Crippen LogP contribution in [0.2, 0.25) is 9.36 Å². The number of rotatable bonds is 5. The molecule has 2 aromatic rings. The SMILES string of the molecule is CC(N)Cc1c(Cl)cccc1OCc1ccc(Cl)s1. The first kappa shape index (κ1) is 14.7. The first-order chi connectivity index (χ1) is 9.06. The zero-order valence-corrected chi connectivity index (χ0v) is 12.9. The van der Waals surface area contributed by atoms with E-state index < -0.39 is 0 Å². The van der Waals surface area contributed by atoms with Crippen LogP contribution >= 0.6 is 34.5 Å². The molecule has 1 aromatic heterocycles. The summed E-state index contributed by atoms with van der Waals surface area (Å²) in [6.45, 7) is 2.44. The van der Waals surface area contributed by atoms with Crippen molar-refractivity contribution in [3.63, 3.8) is 0 Å². The maximum atomic E-state index is 6.21. The van der Waals surface area contributed by atoms with Crippen LogP contribution in [-0.2, 0) is 13.0 Å². The van der Waals surface area contributed by atoms with E-state index in [0.29, 0.717) is 18.1 Å². The molecule has 0 bridgehead atoms. The Hall–Kier alpha value is -0.740. The third kappa shape index (κ3) is 4.11. The average molecular weight is 316 g/mol. The van der Waals surface area contributed by atoms with Crippen molar-refractivity contribution in [2.75, 3.05) is 0 Å². The van der Waals surface area contributed by atoms with Crippen LogP contribution in [0.15, 0.2) is 30.3 Å². The predicted octanol–water partition coefficient (Wildman–Crippen LogP) is 4.52. The molecule has 19 heavy (non-hydrogen) atoms. The largest absolute Gasteiger partial charge is 0.488 e. The molecule has 0 spiro atoms. The highest BCUT2D eigenvalue weighted by Crippen LogP contribution is 2.29. The van der Waals surface area contributed by atoms with Crippen molar-refractivity contribution >= 4 is 34.5 Å². The van der Waals surface area contributed by atoms with E-state index in [-0.39, 0.29) is 6.04 Å². The zero-order valence-electron chi connectivity index (χ0n) is 10.5. The summed E-state index contributed by atoms with van der Waals surface area (Å²) in [6, 6.07) is 9.52. The minimum absolute atomic E-state index is 0.0402. The van der Waals surface area contributed by atoms with Crippen LogP contribution in [0.4, 0.5) is 0 Å². The molecular weight excluding hydrogens is 301 g/mol. The molecule has 5 heteroatoms. The third-order valence-corrected chi connectivity index (χ3v) is 4.16. The van der Waals surface area contributed by atoms with E-state index in [4.69, 9.17) is 33.7 Å². The molecule has 1 aromatic carbocycles. The number of halogens is 2. The van der Waals surface area contributed by atoms with E-state index in [1.165, 1.54) is 11.3 Å². The fourth-order valence-corrected chi connectivity index (χ4v) is 3.02. The second-order valence-corrected chi connectivity index (χ2v) is 6.60. The number of hydrogen-bond donors (Lipinski definition) is 1. The third-order valence-electron chi connectivity index (χ3n) is 2.60. The summed E-state index contributed by atoms with van der Waals surface area (Å²) in [4.78, 5) is 1.08. The fraction of sp³-hybridized carbons (Fsp3) is 0.286. The number of thiophene rings is 1. The Balaban J connectivity index is 2.13. The van der Waals surface area contributed by atoms with E-state index in [1.54, 1.807) is 0 Å². The van der Waals surface area contributed by atoms with Crippen LogP contribution in [-0.4, -0.2) is 6.04 Å². The molecule has 2 N–H and O–H groups in total. The Morgan fingerprint density at radius 2 is 2.05 bits per heavy atom. The highest BCUT2D eigenvalue weighted by Gasteiger charge is 2.11. The highest BCUT2D eigenvalue weighted by atomic mass is 35.5. The molecule has 1 heterocycles. The average Bonchev–Trinajstić information content (AvgIpc) is 2.75. The Morgan fingerprint density at radius 1 is 1.26 bits per heavy atom. The smallest absolute Gasteiger partial charge is 0.124 e. The molecule has 1 atom stereocenters. The standard InChI is InChI=1S/C14H15Cl2NOS/c1-9(17)7-11-12(15)3-2-4-13(11)18-8-10-5-6-14(16)19-10/h2-6,9H,7-8,17H2,1H3. The van der Waals surface area contributed by atoms with E-state index in [1.807, 2.05) is 37.3 Å². The molecule has 0 saturated heterocycles. The molecular formula is C14H15Cl2NOS. The lowest BCUT2D eigenvalue weighted by Gasteiger charge is -2.14. The molecule has 0 radical (unpaired) electrons. The molecule has 102 valence electrons. The molecule has 0 fully saturated rings. The molecule has 0 amide bonds. The van der Waals surface area contributed by atoms with Gasteiger partial charge in [0.25, 0.3) is 0 Å². The normalized spacial score (nSPS) is 12.4. The van der Waals surface area contributed by atoms with Crippen molar-refractivity contribution in [2.45, 2.75) is 26.0 Å². The monoisotopic (exact) mass is 315 g/mol. The summed E-state index contributed by atoms with van der Waals surface area (Å²) in [5.74, 6) is 0.786. The minimum atomic E-state index is 0.0402. The second kappa shape index (κ2) is 6.62. The van der Waals surface area contributed by atoms with Gasteiger partial charge in [0.2, 0.25) is 0 Å². The number of nitrogens with two attached hydrogens (primary N) is 1. The summed E-state index contributed by atoms with van der Waals surface area (Å²) in [5.41, 5.74) is 6.80. The van der Waals surface area contributed by atoms with E-state index >= 15 is 0 Å². The lowest BCUT2D eigenvalue weighted by molar-refractivity contribution is 0.306. The quantitative estimate of drug-likeness (QED) is 0.880. The Bertz CT molecular complexity index is 554. The predicted molar refractivity (Wildman–Crippen MR) is 82.5 cm³/mol. The zero-order chi connectivity index (χ0) is 13.8. The van der Waals surface area contributed by atoms with E-state index in [9.17, 15) is 0 Å².